The lowest BCUT2D eigenvalue weighted by molar-refractivity contribution is 0.103. The summed E-state index contributed by atoms with van der Waals surface area (Å²) >= 11 is 7.49. The van der Waals surface area contributed by atoms with E-state index in [-0.39, 0.29) is 17.0 Å². The van der Waals surface area contributed by atoms with Gasteiger partial charge in [-0.3, -0.25) is 14.7 Å². The first kappa shape index (κ1) is 22.6. The van der Waals surface area contributed by atoms with Gasteiger partial charge < -0.3 is 0 Å². The maximum Gasteiger partial charge on any atom is 0.301 e. The maximum atomic E-state index is 13.1. The van der Waals surface area contributed by atoms with E-state index in [0.29, 0.717) is 32.7 Å². The SMILES string of the molecule is Cc1[nH]n(-c2nc(-c3ccccc3)cs2)c(=O)c1N=Nc1ccc(Cl)cc1C(=O)c1ccccc1. The van der Waals surface area contributed by atoms with Gasteiger partial charge in [0.25, 0.3) is 0 Å². The number of halogens is 1. The number of carbonyl (C=O) groups is 1. The molecule has 0 radical (unpaired) electrons. The Hall–Kier alpha value is -4.14. The van der Waals surface area contributed by atoms with Gasteiger partial charge >= 0.3 is 5.56 Å². The molecule has 2 heterocycles. The van der Waals surface area contributed by atoms with Crippen LogP contribution in [0.4, 0.5) is 11.4 Å². The van der Waals surface area contributed by atoms with Gasteiger partial charge in [0.1, 0.15) is 0 Å². The van der Waals surface area contributed by atoms with Crippen LogP contribution in [-0.4, -0.2) is 20.5 Å². The number of thiazole rings is 1. The molecule has 2 aromatic heterocycles. The van der Waals surface area contributed by atoms with E-state index >= 15 is 0 Å². The summed E-state index contributed by atoms with van der Waals surface area (Å²) in [5.41, 5.74) is 3.13. The van der Waals surface area contributed by atoms with Crippen LogP contribution in [0.5, 0.6) is 0 Å². The second-order valence-corrected chi connectivity index (χ2v) is 8.94. The number of carbonyl (C=O) groups excluding carboxylic acids is 1. The number of H-pyrrole nitrogens is 1. The molecule has 0 aliphatic heterocycles. The highest BCUT2D eigenvalue weighted by atomic mass is 35.5. The maximum absolute atomic E-state index is 13.1. The zero-order chi connectivity index (χ0) is 24.4. The Morgan fingerprint density at radius 3 is 2.46 bits per heavy atom. The molecule has 0 aliphatic carbocycles. The quantitative estimate of drug-likeness (QED) is 0.203. The monoisotopic (exact) mass is 499 g/mol. The molecular formula is C26H18ClN5O2S. The standard InChI is InChI=1S/C26H18ClN5O2S/c1-16-23(25(34)32(31-16)26-28-22(15-35-26)17-8-4-2-5-9-17)30-29-21-13-12-19(27)14-20(21)24(33)18-10-6-3-7-11-18/h2-15,31H,1H3. The van der Waals surface area contributed by atoms with Gasteiger partial charge in [0, 0.05) is 21.5 Å². The minimum absolute atomic E-state index is 0.134. The zero-order valence-corrected chi connectivity index (χ0v) is 20.0. The number of hydrogen-bond acceptors (Lipinski definition) is 6. The molecule has 35 heavy (non-hydrogen) atoms. The fourth-order valence-corrected chi connectivity index (χ4v) is 4.49. The smallest absolute Gasteiger partial charge is 0.291 e. The van der Waals surface area contributed by atoms with Gasteiger partial charge in [-0.15, -0.1) is 21.6 Å². The molecule has 5 aromatic rings. The average Bonchev–Trinajstić information content (AvgIpc) is 3.48. The highest BCUT2D eigenvalue weighted by Gasteiger charge is 2.17. The zero-order valence-electron chi connectivity index (χ0n) is 18.5. The Kier molecular flexibility index (Phi) is 6.22. The number of hydrogen-bond donors (Lipinski definition) is 1. The lowest BCUT2D eigenvalue weighted by Gasteiger charge is -2.05. The number of aromatic amines is 1. The van der Waals surface area contributed by atoms with Crippen molar-refractivity contribution in [2.75, 3.05) is 0 Å². The molecule has 3 aromatic carbocycles. The van der Waals surface area contributed by atoms with Gasteiger partial charge in [-0.05, 0) is 25.1 Å². The van der Waals surface area contributed by atoms with Gasteiger partial charge in [-0.2, -0.15) is 4.68 Å². The molecular weight excluding hydrogens is 482 g/mol. The van der Waals surface area contributed by atoms with Crippen molar-refractivity contribution in [3.05, 3.63) is 116 Å². The number of nitrogens with one attached hydrogen (secondary N) is 1. The van der Waals surface area contributed by atoms with Crippen LogP contribution >= 0.6 is 22.9 Å². The van der Waals surface area contributed by atoms with Gasteiger partial charge in [0.15, 0.2) is 11.5 Å². The molecule has 0 unspecified atom stereocenters. The first-order chi connectivity index (χ1) is 17.0. The Bertz CT molecular complexity index is 1600. The van der Waals surface area contributed by atoms with E-state index in [9.17, 15) is 9.59 Å². The summed E-state index contributed by atoms with van der Waals surface area (Å²) in [5, 5.41) is 14.2. The Labute approximate surface area is 209 Å². The van der Waals surface area contributed by atoms with Crippen molar-refractivity contribution in [1.82, 2.24) is 14.8 Å². The van der Waals surface area contributed by atoms with Crippen molar-refractivity contribution in [2.45, 2.75) is 6.92 Å². The summed E-state index contributed by atoms with van der Waals surface area (Å²) < 4.78 is 1.35. The van der Waals surface area contributed by atoms with Crippen LogP contribution in [0.3, 0.4) is 0 Å². The van der Waals surface area contributed by atoms with Crippen LogP contribution in [0.2, 0.25) is 5.02 Å². The minimum Gasteiger partial charge on any atom is -0.291 e. The van der Waals surface area contributed by atoms with Gasteiger partial charge in [0.2, 0.25) is 5.13 Å². The van der Waals surface area contributed by atoms with E-state index in [1.165, 1.54) is 16.0 Å². The fourth-order valence-electron chi connectivity index (χ4n) is 3.52. The van der Waals surface area contributed by atoms with Gasteiger partial charge in [0.05, 0.1) is 22.6 Å². The number of aryl methyl sites for hydroxylation is 1. The Balaban J connectivity index is 1.48. The molecule has 0 saturated heterocycles. The number of rotatable bonds is 6. The first-order valence-corrected chi connectivity index (χ1v) is 11.9. The highest BCUT2D eigenvalue weighted by molar-refractivity contribution is 7.12. The molecule has 172 valence electrons. The molecule has 7 nitrogen and oxygen atoms in total. The van der Waals surface area contributed by atoms with E-state index in [1.807, 2.05) is 41.8 Å². The molecule has 0 amide bonds. The average molecular weight is 500 g/mol. The predicted octanol–water partition coefficient (Wildman–Crippen LogP) is 6.90. The molecule has 0 atom stereocenters. The molecule has 0 bridgehead atoms. The number of ketones is 1. The van der Waals surface area contributed by atoms with Crippen molar-refractivity contribution >= 4 is 40.1 Å². The Morgan fingerprint density at radius 1 is 1.00 bits per heavy atom. The van der Waals surface area contributed by atoms with Crippen LogP contribution in [0, 0.1) is 6.92 Å². The lowest BCUT2D eigenvalue weighted by Crippen LogP contribution is -2.13. The molecule has 0 saturated carbocycles. The first-order valence-electron chi connectivity index (χ1n) is 10.7. The molecule has 1 N–H and O–H groups in total. The van der Waals surface area contributed by atoms with Crippen molar-refractivity contribution in [2.24, 2.45) is 10.2 Å². The number of benzene rings is 3. The van der Waals surface area contributed by atoms with Crippen LogP contribution < -0.4 is 5.56 Å². The summed E-state index contributed by atoms with van der Waals surface area (Å²) in [6, 6.07) is 23.4. The van der Waals surface area contributed by atoms with Gasteiger partial charge in [-0.1, -0.05) is 72.3 Å². The summed E-state index contributed by atoms with van der Waals surface area (Å²) in [5.74, 6) is -0.235. The summed E-state index contributed by atoms with van der Waals surface area (Å²) in [6.45, 7) is 1.73. The van der Waals surface area contributed by atoms with E-state index in [1.54, 1.807) is 49.4 Å². The molecule has 9 heteroatoms. The second-order valence-electron chi connectivity index (χ2n) is 7.66. The second kappa shape index (κ2) is 9.61. The van der Waals surface area contributed by atoms with Crippen LogP contribution in [0.15, 0.2) is 99.3 Å². The van der Waals surface area contributed by atoms with Crippen molar-refractivity contribution in [3.63, 3.8) is 0 Å². The largest absolute Gasteiger partial charge is 0.301 e. The third-order valence-electron chi connectivity index (χ3n) is 5.29. The number of azo groups is 1. The predicted molar refractivity (Wildman–Crippen MR) is 138 cm³/mol. The van der Waals surface area contributed by atoms with Crippen molar-refractivity contribution in [3.8, 4) is 16.4 Å². The number of aromatic nitrogens is 3. The van der Waals surface area contributed by atoms with E-state index in [0.717, 1.165) is 11.3 Å². The van der Waals surface area contributed by atoms with E-state index in [2.05, 4.69) is 20.3 Å². The van der Waals surface area contributed by atoms with Crippen molar-refractivity contribution in [1.29, 1.82) is 0 Å². The third kappa shape index (κ3) is 4.62. The normalized spacial score (nSPS) is 11.3. The van der Waals surface area contributed by atoms with Crippen LogP contribution in [-0.2, 0) is 0 Å². The third-order valence-corrected chi connectivity index (χ3v) is 6.35. The number of nitrogens with zero attached hydrogens (tertiary/aromatic N) is 4. The Morgan fingerprint density at radius 2 is 1.71 bits per heavy atom. The van der Waals surface area contributed by atoms with Crippen LogP contribution in [0.25, 0.3) is 16.4 Å². The minimum atomic E-state index is -0.384. The highest BCUT2D eigenvalue weighted by Crippen LogP contribution is 2.28. The molecule has 0 aliphatic rings. The lowest BCUT2D eigenvalue weighted by atomic mass is 10.0. The van der Waals surface area contributed by atoms with Gasteiger partial charge in [-0.25, -0.2) is 4.98 Å². The summed E-state index contributed by atoms with van der Waals surface area (Å²) in [7, 11) is 0. The fraction of sp³-hybridized carbons (Fsp3) is 0.0385. The topological polar surface area (TPSA) is 92.5 Å². The molecule has 5 rings (SSSR count). The molecule has 0 spiro atoms. The molecule has 0 fully saturated rings. The van der Waals surface area contributed by atoms with E-state index in [4.69, 9.17) is 11.6 Å². The van der Waals surface area contributed by atoms with Crippen LogP contribution in [0.1, 0.15) is 21.6 Å². The summed E-state index contributed by atoms with van der Waals surface area (Å²) in [4.78, 5) is 30.7. The van der Waals surface area contributed by atoms with E-state index < -0.39 is 0 Å². The summed E-state index contributed by atoms with van der Waals surface area (Å²) in [6.07, 6.45) is 0. The van der Waals surface area contributed by atoms with Crippen molar-refractivity contribution < 1.29 is 4.79 Å².